The number of benzene rings is 2. The Morgan fingerprint density at radius 2 is 2.00 bits per heavy atom. The van der Waals surface area contributed by atoms with E-state index in [1.807, 2.05) is 30.3 Å². The minimum absolute atomic E-state index is 0.0328. The van der Waals surface area contributed by atoms with Crippen molar-refractivity contribution in [1.82, 2.24) is 4.90 Å². The quantitative estimate of drug-likeness (QED) is 0.468. The maximum Gasteiger partial charge on any atom is 0.145 e. The zero-order chi connectivity index (χ0) is 20.5. The Morgan fingerprint density at radius 3 is 2.76 bits per heavy atom. The first-order valence-electron chi connectivity index (χ1n) is 10.1. The van der Waals surface area contributed by atoms with E-state index in [1.165, 1.54) is 11.1 Å². The Balaban J connectivity index is 1.60. The molecule has 0 fully saturated rings. The molecule has 0 bridgehead atoms. The number of hydrogen-bond acceptors (Lipinski definition) is 5. The number of oxime groups is 1. The molecule has 0 spiro atoms. The van der Waals surface area contributed by atoms with E-state index in [0.29, 0.717) is 19.7 Å². The average molecular weight is 395 g/mol. The first-order chi connectivity index (χ1) is 14.2. The smallest absolute Gasteiger partial charge is 0.145 e. The summed E-state index contributed by atoms with van der Waals surface area (Å²) in [5, 5.41) is 14.7. The summed E-state index contributed by atoms with van der Waals surface area (Å²) < 4.78 is 5.41. The van der Waals surface area contributed by atoms with Gasteiger partial charge in [-0.2, -0.15) is 0 Å². The van der Waals surface area contributed by atoms with Crippen LogP contribution in [0.4, 0.5) is 0 Å². The summed E-state index contributed by atoms with van der Waals surface area (Å²) >= 11 is 0. The SMILES string of the molecule is C=CCOC[C@@H](O)CN(Cc1ccccc1)C[C@H]1CC(c2ccccc2C)=NO1. The molecule has 1 N–H and O–H groups in total. The van der Waals surface area contributed by atoms with Gasteiger partial charge >= 0.3 is 0 Å². The van der Waals surface area contributed by atoms with Crippen LogP contribution in [0.2, 0.25) is 0 Å². The van der Waals surface area contributed by atoms with Crippen LogP contribution >= 0.6 is 0 Å². The fourth-order valence-electron chi connectivity index (χ4n) is 3.55. The second-order valence-electron chi connectivity index (χ2n) is 7.44. The minimum Gasteiger partial charge on any atom is -0.390 e. The molecule has 29 heavy (non-hydrogen) atoms. The van der Waals surface area contributed by atoms with Gasteiger partial charge in [-0.1, -0.05) is 65.8 Å². The molecule has 1 aliphatic heterocycles. The van der Waals surface area contributed by atoms with E-state index in [-0.39, 0.29) is 12.7 Å². The highest BCUT2D eigenvalue weighted by molar-refractivity contribution is 6.02. The summed E-state index contributed by atoms with van der Waals surface area (Å²) in [6.45, 7) is 8.38. The van der Waals surface area contributed by atoms with E-state index in [9.17, 15) is 5.11 Å². The predicted molar refractivity (Wildman–Crippen MR) is 116 cm³/mol. The van der Waals surface area contributed by atoms with Crippen LogP contribution in [0.15, 0.2) is 72.4 Å². The minimum atomic E-state index is -0.572. The van der Waals surface area contributed by atoms with Crippen molar-refractivity contribution in [3.63, 3.8) is 0 Å². The second kappa shape index (κ2) is 10.9. The normalized spacial score (nSPS) is 17.1. The summed E-state index contributed by atoms with van der Waals surface area (Å²) in [4.78, 5) is 7.95. The van der Waals surface area contributed by atoms with Crippen molar-refractivity contribution >= 4 is 5.71 Å². The lowest BCUT2D eigenvalue weighted by molar-refractivity contribution is 0.00336. The Bertz CT molecular complexity index is 807. The Morgan fingerprint density at radius 1 is 1.24 bits per heavy atom. The molecular formula is C24H30N2O3. The van der Waals surface area contributed by atoms with E-state index in [1.54, 1.807) is 6.08 Å². The topological polar surface area (TPSA) is 54.3 Å². The van der Waals surface area contributed by atoms with Crippen LogP contribution in [-0.4, -0.2) is 54.2 Å². The zero-order valence-electron chi connectivity index (χ0n) is 17.0. The first-order valence-corrected chi connectivity index (χ1v) is 10.1. The van der Waals surface area contributed by atoms with Crippen LogP contribution in [0.5, 0.6) is 0 Å². The van der Waals surface area contributed by atoms with Crippen LogP contribution < -0.4 is 0 Å². The van der Waals surface area contributed by atoms with E-state index < -0.39 is 6.10 Å². The third-order valence-electron chi connectivity index (χ3n) is 4.91. The summed E-state index contributed by atoms with van der Waals surface area (Å²) in [7, 11) is 0. The molecule has 5 nitrogen and oxygen atoms in total. The van der Waals surface area contributed by atoms with Gasteiger partial charge in [0.05, 0.1) is 25.0 Å². The van der Waals surface area contributed by atoms with Crippen LogP contribution in [0.1, 0.15) is 23.1 Å². The lowest BCUT2D eigenvalue weighted by atomic mass is 10.00. The van der Waals surface area contributed by atoms with E-state index >= 15 is 0 Å². The van der Waals surface area contributed by atoms with E-state index in [4.69, 9.17) is 9.57 Å². The number of aliphatic hydroxyl groups excluding tert-OH is 1. The third-order valence-corrected chi connectivity index (χ3v) is 4.91. The van der Waals surface area contributed by atoms with Crippen LogP contribution in [0.3, 0.4) is 0 Å². The monoisotopic (exact) mass is 394 g/mol. The number of aryl methyl sites for hydroxylation is 1. The number of nitrogens with zero attached hydrogens (tertiary/aromatic N) is 2. The molecule has 2 aromatic carbocycles. The molecule has 3 rings (SSSR count). The average Bonchev–Trinajstić information content (AvgIpc) is 3.17. The van der Waals surface area contributed by atoms with Crippen molar-refractivity contribution in [2.24, 2.45) is 5.16 Å². The lowest BCUT2D eigenvalue weighted by Gasteiger charge is -2.27. The highest BCUT2D eigenvalue weighted by Gasteiger charge is 2.26. The highest BCUT2D eigenvalue weighted by Crippen LogP contribution is 2.20. The molecule has 154 valence electrons. The third kappa shape index (κ3) is 6.53. The first kappa shape index (κ1) is 21.2. The largest absolute Gasteiger partial charge is 0.390 e. The van der Waals surface area contributed by atoms with Gasteiger partial charge in [-0.25, -0.2) is 0 Å². The molecule has 1 heterocycles. The van der Waals surface area contributed by atoms with Crippen LogP contribution in [-0.2, 0) is 16.1 Å². The lowest BCUT2D eigenvalue weighted by Crippen LogP contribution is -2.39. The molecule has 0 aromatic heterocycles. The van der Waals surface area contributed by atoms with Crippen molar-refractivity contribution in [3.05, 3.63) is 83.9 Å². The molecule has 0 saturated heterocycles. The van der Waals surface area contributed by atoms with Gasteiger partial charge in [0, 0.05) is 31.6 Å². The van der Waals surface area contributed by atoms with Crippen LogP contribution in [0, 0.1) is 6.92 Å². The van der Waals surface area contributed by atoms with Crippen LogP contribution in [0.25, 0.3) is 0 Å². The van der Waals surface area contributed by atoms with Crippen molar-refractivity contribution < 1.29 is 14.7 Å². The van der Waals surface area contributed by atoms with Gasteiger partial charge in [0.2, 0.25) is 0 Å². The number of hydrogen-bond donors (Lipinski definition) is 1. The fraction of sp³-hybridized carbons (Fsp3) is 0.375. The number of aliphatic hydroxyl groups is 1. The van der Waals surface area contributed by atoms with Gasteiger partial charge in [-0.3, -0.25) is 4.90 Å². The maximum absolute atomic E-state index is 10.4. The number of rotatable bonds is 11. The standard InChI is InChI=1S/C24H30N2O3/c1-3-13-28-18-21(27)16-26(15-20-10-5-4-6-11-20)17-22-14-24(25-29-22)23-12-8-7-9-19(23)2/h3-12,21-22,27H,1,13-18H2,2H3/t21-,22+/m0/s1. The summed E-state index contributed by atoms with van der Waals surface area (Å²) in [5.41, 5.74) is 4.53. The Labute approximate surface area is 173 Å². The predicted octanol–water partition coefficient (Wildman–Crippen LogP) is 3.55. The molecule has 1 aliphatic rings. The molecule has 0 unspecified atom stereocenters. The molecule has 0 saturated carbocycles. The van der Waals surface area contributed by atoms with Gasteiger partial charge in [-0.05, 0) is 18.1 Å². The molecule has 0 aliphatic carbocycles. The van der Waals surface area contributed by atoms with Gasteiger partial charge < -0.3 is 14.7 Å². The summed E-state index contributed by atoms with van der Waals surface area (Å²) in [6, 6.07) is 18.5. The Hall–Kier alpha value is -2.47. The molecule has 2 atom stereocenters. The summed E-state index contributed by atoms with van der Waals surface area (Å²) in [5.74, 6) is 0. The fourth-order valence-corrected chi connectivity index (χ4v) is 3.55. The van der Waals surface area contributed by atoms with Crippen molar-refractivity contribution in [1.29, 1.82) is 0 Å². The van der Waals surface area contributed by atoms with Crippen molar-refractivity contribution in [2.75, 3.05) is 26.3 Å². The summed E-state index contributed by atoms with van der Waals surface area (Å²) in [6.07, 6.45) is 1.84. The van der Waals surface area contributed by atoms with Gasteiger partial charge in [0.25, 0.3) is 0 Å². The molecule has 5 heteroatoms. The highest BCUT2D eigenvalue weighted by atomic mass is 16.6. The van der Waals surface area contributed by atoms with Gasteiger partial charge in [-0.15, -0.1) is 6.58 Å². The second-order valence-corrected chi connectivity index (χ2v) is 7.44. The van der Waals surface area contributed by atoms with E-state index in [0.717, 1.165) is 24.2 Å². The van der Waals surface area contributed by atoms with Crippen molar-refractivity contribution in [2.45, 2.75) is 32.1 Å². The molecular weight excluding hydrogens is 364 g/mol. The van der Waals surface area contributed by atoms with Crippen molar-refractivity contribution in [3.8, 4) is 0 Å². The Kier molecular flexibility index (Phi) is 7.99. The molecule has 0 amide bonds. The molecule has 0 radical (unpaired) electrons. The number of ether oxygens (including phenoxy) is 1. The maximum atomic E-state index is 10.4. The van der Waals surface area contributed by atoms with Gasteiger partial charge in [0.1, 0.15) is 6.10 Å². The zero-order valence-corrected chi connectivity index (χ0v) is 17.0. The van der Waals surface area contributed by atoms with Gasteiger partial charge in [0.15, 0.2) is 0 Å². The molecule has 2 aromatic rings. The van der Waals surface area contributed by atoms with E-state index in [2.05, 4.69) is 47.8 Å².